The number of aromatic nitrogens is 2. The quantitative estimate of drug-likeness (QED) is 0.548. The Morgan fingerprint density at radius 1 is 1.11 bits per heavy atom. The molecule has 0 unspecified atom stereocenters. The number of rotatable bonds is 8. The number of H-pyrrole nitrogens is 1. The lowest BCUT2D eigenvalue weighted by Gasteiger charge is -2.07. The molecule has 0 radical (unpaired) electrons. The van der Waals surface area contributed by atoms with Crippen molar-refractivity contribution in [2.24, 2.45) is 5.73 Å². The van der Waals surface area contributed by atoms with Crippen LogP contribution in [0.2, 0.25) is 0 Å². The summed E-state index contributed by atoms with van der Waals surface area (Å²) in [6.07, 6.45) is 1.85. The summed E-state index contributed by atoms with van der Waals surface area (Å²) in [5, 5.41) is 6.48. The van der Waals surface area contributed by atoms with E-state index < -0.39 is 11.7 Å². The molecule has 28 heavy (non-hydrogen) atoms. The fourth-order valence-corrected chi connectivity index (χ4v) is 2.76. The zero-order valence-electron chi connectivity index (χ0n) is 15.1. The van der Waals surface area contributed by atoms with Crippen LogP contribution in [0.1, 0.15) is 34.3 Å². The Hall–Kier alpha value is -3.68. The summed E-state index contributed by atoms with van der Waals surface area (Å²) in [4.78, 5) is 36.7. The van der Waals surface area contributed by atoms with Gasteiger partial charge in [0, 0.05) is 24.1 Å². The Labute approximate surface area is 160 Å². The van der Waals surface area contributed by atoms with Crippen LogP contribution < -0.4 is 16.8 Å². The maximum absolute atomic E-state index is 12.0. The van der Waals surface area contributed by atoms with Crippen LogP contribution in [-0.4, -0.2) is 22.0 Å². The molecule has 8 nitrogen and oxygen atoms in total. The average Bonchev–Trinajstić information content (AvgIpc) is 3.13. The van der Waals surface area contributed by atoms with E-state index in [1.54, 1.807) is 18.2 Å². The third-order valence-corrected chi connectivity index (χ3v) is 4.24. The summed E-state index contributed by atoms with van der Waals surface area (Å²) < 4.78 is 4.49. The van der Waals surface area contributed by atoms with E-state index in [0.29, 0.717) is 30.8 Å². The van der Waals surface area contributed by atoms with Gasteiger partial charge >= 0.3 is 5.76 Å². The maximum Gasteiger partial charge on any atom is 0.439 e. The molecule has 2 amide bonds. The van der Waals surface area contributed by atoms with E-state index in [4.69, 9.17) is 5.73 Å². The molecule has 3 rings (SSSR count). The standard InChI is InChI=1S/C20H20N4O4/c21-18(26)16-5-1-4-14(11-16)12-22-17(25)6-2-3-13-7-9-15(10-8-13)19-23-20(27)28-24-19/h1,4-5,7-11H,2-3,6,12H2,(H2,21,26)(H,22,25)(H,23,24,27). The van der Waals surface area contributed by atoms with Crippen molar-refractivity contribution in [2.45, 2.75) is 25.8 Å². The van der Waals surface area contributed by atoms with Crippen molar-refractivity contribution >= 4 is 11.8 Å². The van der Waals surface area contributed by atoms with Crippen LogP contribution in [0.5, 0.6) is 0 Å². The number of carbonyl (C=O) groups is 2. The highest BCUT2D eigenvalue weighted by atomic mass is 16.5. The molecule has 2 aromatic carbocycles. The lowest BCUT2D eigenvalue weighted by Crippen LogP contribution is -2.22. The van der Waals surface area contributed by atoms with Crippen molar-refractivity contribution in [1.29, 1.82) is 0 Å². The van der Waals surface area contributed by atoms with E-state index in [0.717, 1.165) is 23.1 Å². The van der Waals surface area contributed by atoms with Gasteiger partial charge in [0.25, 0.3) is 0 Å². The number of nitrogens with one attached hydrogen (secondary N) is 2. The molecule has 0 atom stereocenters. The van der Waals surface area contributed by atoms with Gasteiger partial charge in [-0.1, -0.05) is 41.6 Å². The number of nitrogens with zero attached hydrogens (tertiary/aromatic N) is 1. The van der Waals surface area contributed by atoms with Crippen LogP contribution in [0, 0.1) is 0 Å². The Balaban J connectivity index is 1.43. The second kappa shape index (κ2) is 8.81. The van der Waals surface area contributed by atoms with Crippen molar-refractivity contribution in [1.82, 2.24) is 15.5 Å². The van der Waals surface area contributed by atoms with E-state index in [-0.39, 0.29) is 5.91 Å². The van der Waals surface area contributed by atoms with E-state index in [1.807, 2.05) is 30.3 Å². The SMILES string of the molecule is NC(=O)c1cccc(CNC(=O)CCCc2ccc(-c3noc(=O)[nH]3)cc2)c1. The van der Waals surface area contributed by atoms with Gasteiger partial charge in [0.05, 0.1) is 0 Å². The first-order valence-electron chi connectivity index (χ1n) is 8.82. The molecule has 0 aliphatic heterocycles. The highest BCUT2D eigenvalue weighted by Gasteiger charge is 2.06. The summed E-state index contributed by atoms with van der Waals surface area (Å²) in [6.45, 7) is 0.352. The molecule has 0 aliphatic carbocycles. The first kappa shape index (κ1) is 19.1. The lowest BCUT2D eigenvalue weighted by molar-refractivity contribution is -0.121. The molecular formula is C20H20N4O4. The third-order valence-electron chi connectivity index (χ3n) is 4.24. The van der Waals surface area contributed by atoms with Crippen molar-refractivity contribution in [3.63, 3.8) is 0 Å². The van der Waals surface area contributed by atoms with Crippen LogP contribution in [0.4, 0.5) is 0 Å². The Morgan fingerprint density at radius 3 is 2.57 bits per heavy atom. The van der Waals surface area contributed by atoms with Crippen LogP contribution in [0.25, 0.3) is 11.4 Å². The van der Waals surface area contributed by atoms with Gasteiger partial charge in [-0.2, -0.15) is 0 Å². The van der Waals surface area contributed by atoms with Gasteiger partial charge in [0.1, 0.15) is 0 Å². The number of benzene rings is 2. The number of aryl methyl sites for hydroxylation is 1. The summed E-state index contributed by atoms with van der Waals surface area (Å²) in [7, 11) is 0. The van der Waals surface area contributed by atoms with Gasteiger partial charge in [-0.25, -0.2) is 4.79 Å². The maximum atomic E-state index is 12.0. The smallest absolute Gasteiger partial charge is 0.366 e. The molecule has 4 N–H and O–H groups in total. The summed E-state index contributed by atoms with van der Waals surface area (Å²) in [5.41, 5.74) is 8.33. The van der Waals surface area contributed by atoms with E-state index in [2.05, 4.69) is 20.0 Å². The Kier molecular flexibility index (Phi) is 6.01. The Bertz CT molecular complexity index is 1020. The van der Waals surface area contributed by atoms with Crippen LogP contribution in [0.3, 0.4) is 0 Å². The average molecular weight is 380 g/mol. The minimum Gasteiger partial charge on any atom is -0.366 e. The molecule has 144 valence electrons. The van der Waals surface area contributed by atoms with Crippen LogP contribution in [0.15, 0.2) is 57.8 Å². The number of primary amides is 1. The predicted octanol–water partition coefficient (Wildman–Crippen LogP) is 1.77. The second-order valence-corrected chi connectivity index (χ2v) is 6.34. The molecular weight excluding hydrogens is 360 g/mol. The first-order valence-corrected chi connectivity index (χ1v) is 8.82. The Morgan fingerprint density at radius 2 is 1.89 bits per heavy atom. The number of nitrogens with two attached hydrogens (primary N) is 1. The van der Waals surface area contributed by atoms with E-state index in [1.165, 1.54) is 0 Å². The molecule has 0 saturated carbocycles. The first-order chi connectivity index (χ1) is 13.5. The topological polar surface area (TPSA) is 131 Å². The minimum absolute atomic E-state index is 0.0544. The van der Waals surface area contributed by atoms with Crippen LogP contribution >= 0.6 is 0 Å². The molecule has 1 aromatic heterocycles. The highest BCUT2D eigenvalue weighted by Crippen LogP contribution is 2.15. The molecule has 0 aliphatic rings. The summed E-state index contributed by atoms with van der Waals surface area (Å²) in [5.74, 6) is -0.752. The van der Waals surface area contributed by atoms with Gasteiger partial charge in [0.2, 0.25) is 11.8 Å². The fraction of sp³-hybridized carbons (Fsp3) is 0.200. The van der Waals surface area contributed by atoms with E-state index >= 15 is 0 Å². The highest BCUT2D eigenvalue weighted by molar-refractivity contribution is 5.92. The molecule has 0 spiro atoms. The van der Waals surface area contributed by atoms with Gasteiger partial charge in [0.15, 0.2) is 5.82 Å². The van der Waals surface area contributed by atoms with E-state index in [9.17, 15) is 14.4 Å². The third kappa shape index (κ3) is 5.16. The zero-order chi connectivity index (χ0) is 19.9. The zero-order valence-corrected chi connectivity index (χ0v) is 15.1. The fourth-order valence-electron chi connectivity index (χ4n) is 2.76. The predicted molar refractivity (Wildman–Crippen MR) is 102 cm³/mol. The number of carbonyl (C=O) groups excluding carboxylic acids is 2. The second-order valence-electron chi connectivity index (χ2n) is 6.34. The normalized spacial score (nSPS) is 10.6. The monoisotopic (exact) mass is 380 g/mol. The van der Waals surface area contributed by atoms with Gasteiger partial charge in [-0.15, -0.1) is 0 Å². The molecule has 0 fully saturated rings. The molecule has 0 saturated heterocycles. The van der Waals surface area contributed by atoms with Crippen molar-refractivity contribution in [3.05, 3.63) is 75.8 Å². The van der Waals surface area contributed by atoms with Gasteiger partial charge < -0.3 is 11.1 Å². The largest absolute Gasteiger partial charge is 0.439 e. The van der Waals surface area contributed by atoms with Crippen molar-refractivity contribution < 1.29 is 14.1 Å². The number of hydrogen-bond acceptors (Lipinski definition) is 5. The molecule has 3 aromatic rings. The van der Waals surface area contributed by atoms with Crippen molar-refractivity contribution in [3.8, 4) is 11.4 Å². The molecule has 1 heterocycles. The molecule has 8 heteroatoms. The number of hydrogen-bond donors (Lipinski definition) is 3. The van der Waals surface area contributed by atoms with Gasteiger partial charge in [-0.3, -0.25) is 19.1 Å². The summed E-state index contributed by atoms with van der Waals surface area (Å²) in [6, 6.07) is 14.4. The van der Waals surface area contributed by atoms with Crippen LogP contribution in [-0.2, 0) is 17.8 Å². The van der Waals surface area contributed by atoms with Crippen molar-refractivity contribution in [2.75, 3.05) is 0 Å². The number of aromatic amines is 1. The molecule has 0 bridgehead atoms. The lowest BCUT2D eigenvalue weighted by atomic mass is 10.1. The summed E-state index contributed by atoms with van der Waals surface area (Å²) >= 11 is 0. The van der Waals surface area contributed by atoms with Gasteiger partial charge in [-0.05, 0) is 36.1 Å². The number of amides is 2. The minimum atomic E-state index is -0.591.